The lowest BCUT2D eigenvalue weighted by Crippen LogP contribution is -2.24. The maximum Gasteiger partial charge on any atom is 0.224 e. The number of nitrogens with one attached hydrogen (secondary N) is 1. The van der Waals surface area contributed by atoms with Gasteiger partial charge in [-0.2, -0.15) is 0 Å². The number of ether oxygens (including phenoxy) is 3. The van der Waals surface area contributed by atoms with Crippen LogP contribution in [0.5, 0.6) is 11.5 Å². The van der Waals surface area contributed by atoms with Gasteiger partial charge in [-0.15, -0.1) is 0 Å². The highest BCUT2D eigenvalue weighted by Gasteiger charge is 2.05. The van der Waals surface area contributed by atoms with Crippen molar-refractivity contribution < 1.29 is 19.0 Å². The van der Waals surface area contributed by atoms with E-state index in [1.54, 1.807) is 14.2 Å². The predicted molar refractivity (Wildman–Crippen MR) is 92.4 cm³/mol. The quantitative estimate of drug-likeness (QED) is 0.719. The lowest BCUT2D eigenvalue weighted by molar-refractivity contribution is -0.120. The zero-order valence-corrected chi connectivity index (χ0v) is 14.1. The average molecular weight is 329 g/mol. The van der Waals surface area contributed by atoms with Gasteiger partial charge in [0, 0.05) is 13.7 Å². The van der Waals surface area contributed by atoms with Crippen molar-refractivity contribution in [2.45, 2.75) is 13.0 Å². The van der Waals surface area contributed by atoms with Gasteiger partial charge in [-0.1, -0.05) is 24.3 Å². The molecule has 5 nitrogen and oxygen atoms in total. The maximum atomic E-state index is 12.1. The van der Waals surface area contributed by atoms with E-state index in [2.05, 4.69) is 5.32 Å². The largest absolute Gasteiger partial charge is 0.497 e. The van der Waals surface area contributed by atoms with Gasteiger partial charge in [-0.05, 0) is 35.4 Å². The summed E-state index contributed by atoms with van der Waals surface area (Å²) in [6.45, 7) is 1.51. The molecular weight excluding hydrogens is 306 g/mol. The second-order valence-corrected chi connectivity index (χ2v) is 5.29. The Labute approximate surface area is 142 Å². The molecule has 1 N–H and O–H groups in total. The second kappa shape index (κ2) is 9.57. The van der Waals surface area contributed by atoms with Crippen molar-refractivity contribution in [1.82, 2.24) is 5.32 Å². The van der Waals surface area contributed by atoms with Crippen molar-refractivity contribution in [3.8, 4) is 11.5 Å². The normalized spacial score (nSPS) is 10.2. The molecule has 128 valence electrons. The number of benzene rings is 2. The van der Waals surface area contributed by atoms with Gasteiger partial charge in [-0.3, -0.25) is 4.79 Å². The minimum Gasteiger partial charge on any atom is -0.497 e. The topological polar surface area (TPSA) is 56.8 Å². The Bertz CT molecular complexity index is 657. The lowest BCUT2D eigenvalue weighted by Gasteiger charge is -2.09. The molecule has 0 aromatic heterocycles. The van der Waals surface area contributed by atoms with E-state index in [-0.39, 0.29) is 5.91 Å². The highest BCUT2D eigenvalue weighted by Crippen LogP contribution is 2.14. The highest BCUT2D eigenvalue weighted by atomic mass is 16.5. The monoisotopic (exact) mass is 329 g/mol. The molecule has 2 aromatic carbocycles. The maximum absolute atomic E-state index is 12.1. The van der Waals surface area contributed by atoms with Crippen molar-refractivity contribution >= 4 is 5.91 Å². The molecule has 0 saturated carbocycles. The first kappa shape index (κ1) is 17.8. The molecular formula is C19H23NO4. The van der Waals surface area contributed by atoms with E-state index in [1.807, 2.05) is 48.5 Å². The third-order valence-electron chi connectivity index (χ3n) is 3.44. The molecule has 24 heavy (non-hydrogen) atoms. The van der Waals surface area contributed by atoms with Crippen molar-refractivity contribution in [2.75, 3.05) is 27.4 Å². The number of carbonyl (C=O) groups excluding carboxylic acids is 1. The van der Waals surface area contributed by atoms with Crippen molar-refractivity contribution in [3.05, 3.63) is 59.7 Å². The first-order chi connectivity index (χ1) is 11.7. The fourth-order valence-electron chi connectivity index (χ4n) is 2.22. The van der Waals surface area contributed by atoms with Crippen LogP contribution in [0.1, 0.15) is 11.1 Å². The highest BCUT2D eigenvalue weighted by molar-refractivity contribution is 5.78. The summed E-state index contributed by atoms with van der Waals surface area (Å²) in [5.41, 5.74) is 1.91. The van der Waals surface area contributed by atoms with E-state index in [9.17, 15) is 4.79 Å². The Morgan fingerprint density at radius 2 is 1.67 bits per heavy atom. The Hall–Kier alpha value is -2.53. The second-order valence-electron chi connectivity index (χ2n) is 5.29. The molecule has 0 aliphatic carbocycles. The summed E-state index contributed by atoms with van der Waals surface area (Å²) in [5.74, 6) is 1.49. The van der Waals surface area contributed by atoms with Crippen LogP contribution >= 0.6 is 0 Å². The summed E-state index contributed by atoms with van der Waals surface area (Å²) in [4.78, 5) is 12.1. The van der Waals surface area contributed by atoms with Gasteiger partial charge in [-0.25, -0.2) is 0 Å². The van der Waals surface area contributed by atoms with E-state index in [0.717, 1.165) is 22.6 Å². The molecule has 2 aromatic rings. The third kappa shape index (κ3) is 5.93. The van der Waals surface area contributed by atoms with Crippen molar-refractivity contribution in [2.24, 2.45) is 0 Å². The van der Waals surface area contributed by atoms with E-state index >= 15 is 0 Å². The molecule has 0 unspecified atom stereocenters. The van der Waals surface area contributed by atoms with Crippen LogP contribution in [-0.4, -0.2) is 33.3 Å². The molecule has 0 aliphatic heterocycles. The first-order valence-electron chi connectivity index (χ1n) is 7.81. The summed E-state index contributed by atoms with van der Waals surface area (Å²) >= 11 is 0. The van der Waals surface area contributed by atoms with Crippen LogP contribution in [0.2, 0.25) is 0 Å². The van der Waals surface area contributed by atoms with Crippen LogP contribution in [0.25, 0.3) is 0 Å². The van der Waals surface area contributed by atoms with Crippen molar-refractivity contribution in [3.63, 3.8) is 0 Å². The SMILES string of the molecule is COCCOc1cccc(CNC(=O)Cc2cccc(OC)c2)c1. The van der Waals surface area contributed by atoms with Crippen LogP contribution in [0.4, 0.5) is 0 Å². The summed E-state index contributed by atoms with van der Waals surface area (Å²) in [6.07, 6.45) is 0.321. The summed E-state index contributed by atoms with van der Waals surface area (Å²) in [5, 5.41) is 2.92. The Balaban J connectivity index is 1.83. The molecule has 5 heteroatoms. The first-order valence-corrected chi connectivity index (χ1v) is 7.81. The number of amides is 1. The Kier molecular flexibility index (Phi) is 7.11. The molecule has 0 atom stereocenters. The van der Waals surface area contributed by atoms with Gasteiger partial charge in [0.15, 0.2) is 0 Å². The molecule has 0 aliphatic rings. The Morgan fingerprint density at radius 1 is 0.958 bits per heavy atom. The fourth-order valence-corrected chi connectivity index (χ4v) is 2.22. The zero-order chi connectivity index (χ0) is 17.2. The van der Waals surface area contributed by atoms with E-state index in [0.29, 0.717) is 26.2 Å². The predicted octanol–water partition coefficient (Wildman–Crippen LogP) is 2.58. The molecule has 2 rings (SSSR count). The van der Waals surface area contributed by atoms with E-state index < -0.39 is 0 Å². The minimum atomic E-state index is -0.0334. The zero-order valence-electron chi connectivity index (χ0n) is 14.1. The van der Waals surface area contributed by atoms with Gasteiger partial charge >= 0.3 is 0 Å². The molecule has 1 amide bonds. The van der Waals surface area contributed by atoms with Crippen LogP contribution < -0.4 is 14.8 Å². The van der Waals surface area contributed by atoms with Crippen LogP contribution in [0.3, 0.4) is 0 Å². The summed E-state index contributed by atoms with van der Waals surface area (Å²) < 4.78 is 15.7. The molecule has 0 spiro atoms. The van der Waals surface area contributed by atoms with Gasteiger partial charge in [0.2, 0.25) is 5.91 Å². The number of hydrogen-bond donors (Lipinski definition) is 1. The van der Waals surface area contributed by atoms with Gasteiger partial charge in [0.05, 0.1) is 20.1 Å². The fraction of sp³-hybridized carbons (Fsp3) is 0.316. The Morgan fingerprint density at radius 3 is 2.42 bits per heavy atom. The molecule has 0 saturated heterocycles. The smallest absolute Gasteiger partial charge is 0.224 e. The van der Waals surface area contributed by atoms with E-state index in [4.69, 9.17) is 14.2 Å². The average Bonchev–Trinajstić information content (AvgIpc) is 2.61. The lowest BCUT2D eigenvalue weighted by atomic mass is 10.1. The van der Waals surface area contributed by atoms with Crippen LogP contribution in [0.15, 0.2) is 48.5 Å². The number of carbonyl (C=O) groups is 1. The van der Waals surface area contributed by atoms with Gasteiger partial charge < -0.3 is 19.5 Å². The summed E-state index contributed by atoms with van der Waals surface area (Å²) in [6, 6.07) is 15.2. The standard InChI is InChI=1S/C19H23NO4/c1-22-9-10-24-18-8-4-6-16(12-18)14-20-19(21)13-15-5-3-7-17(11-15)23-2/h3-8,11-12H,9-10,13-14H2,1-2H3,(H,20,21). The minimum absolute atomic E-state index is 0.0334. The van der Waals surface area contributed by atoms with Crippen molar-refractivity contribution in [1.29, 1.82) is 0 Å². The van der Waals surface area contributed by atoms with Crippen LogP contribution in [-0.2, 0) is 22.5 Å². The summed E-state index contributed by atoms with van der Waals surface area (Å²) in [7, 11) is 3.25. The van der Waals surface area contributed by atoms with E-state index in [1.165, 1.54) is 0 Å². The number of rotatable bonds is 9. The number of methoxy groups -OCH3 is 2. The number of hydrogen-bond acceptors (Lipinski definition) is 4. The molecule has 0 fully saturated rings. The third-order valence-corrected chi connectivity index (χ3v) is 3.44. The van der Waals surface area contributed by atoms with Crippen LogP contribution in [0, 0.1) is 0 Å². The van der Waals surface area contributed by atoms with Gasteiger partial charge in [0.25, 0.3) is 0 Å². The molecule has 0 heterocycles. The molecule has 0 bridgehead atoms. The molecule has 0 radical (unpaired) electrons. The van der Waals surface area contributed by atoms with Gasteiger partial charge in [0.1, 0.15) is 18.1 Å².